The summed E-state index contributed by atoms with van der Waals surface area (Å²) in [7, 11) is 0. The van der Waals surface area contributed by atoms with Gasteiger partial charge in [-0.05, 0) is 90.3 Å². The third-order valence-corrected chi connectivity index (χ3v) is 8.92. The van der Waals surface area contributed by atoms with E-state index >= 15 is 0 Å². The van der Waals surface area contributed by atoms with Crippen LogP contribution in [0, 0.1) is 0 Å². The lowest BCUT2D eigenvalue weighted by Crippen LogP contribution is -1.99. The van der Waals surface area contributed by atoms with Gasteiger partial charge in [-0.2, -0.15) is 0 Å². The fourth-order valence-electron chi connectivity index (χ4n) is 6.72. The van der Waals surface area contributed by atoms with E-state index < -0.39 is 78.6 Å². The molecule has 9 aromatic rings. The summed E-state index contributed by atoms with van der Waals surface area (Å²) >= 11 is 0. The molecule has 0 atom stereocenters. The molecule has 8 aromatic carbocycles. The number of imidazole rings is 1. The van der Waals surface area contributed by atoms with Crippen molar-refractivity contribution in [3.05, 3.63) is 181 Å². The Labute approximate surface area is 304 Å². The van der Waals surface area contributed by atoms with Crippen LogP contribution in [0.4, 0.5) is 0 Å². The zero-order chi connectivity index (χ0) is 44.0. The van der Waals surface area contributed by atoms with Crippen LogP contribution in [0.15, 0.2) is 176 Å². The maximum atomic E-state index is 9.36. The molecule has 1 aromatic heterocycles. The van der Waals surface area contributed by atoms with Crippen LogP contribution in [0.3, 0.4) is 0 Å². The lowest BCUT2D eigenvalue weighted by molar-refractivity contribution is 0.908. The lowest BCUT2D eigenvalue weighted by Gasteiger charge is -2.19. The summed E-state index contributed by atoms with van der Waals surface area (Å²) in [6.45, 7) is 2.06. The van der Waals surface area contributed by atoms with E-state index in [1.165, 1.54) is 6.07 Å². The predicted octanol–water partition coefficient (Wildman–Crippen LogP) is 12.6. The van der Waals surface area contributed by atoms with Crippen LogP contribution in [0.2, 0.25) is 0 Å². The van der Waals surface area contributed by atoms with Gasteiger partial charge in [0, 0.05) is 12.1 Å². The largest absolute Gasteiger partial charge is 0.296 e. The molecule has 0 unspecified atom stereocenters. The van der Waals surface area contributed by atoms with E-state index in [0.717, 1.165) is 40.1 Å². The van der Waals surface area contributed by atoms with Gasteiger partial charge in [-0.3, -0.25) is 4.57 Å². The first kappa shape index (κ1) is 18.3. The number of benzene rings is 8. The first-order valence-corrected chi connectivity index (χ1v) is 16.0. The molecule has 232 valence electrons. The zero-order valence-corrected chi connectivity index (χ0v) is 26.3. The van der Waals surface area contributed by atoms with Crippen molar-refractivity contribution in [2.45, 2.75) is 13.3 Å². The molecule has 0 bridgehead atoms. The summed E-state index contributed by atoms with van der Waals surface area (Å²) < 4.78 is 117. The summed E-state index contributed by atoms with van der Waals surface area (Å²) in [5.41, 5.74) is 5.26. The minimum Gasteiger partial charge on any atom is -0.296 e. The van der Waals surface area contributed by atoms with E-state index in [1.54, 1.807) is 30.3 Å². The third kappa shape index (κ3) is 4.92. The maximum absolute atomic E-state index is 9.36. The van der Waals surface area contributed by atoms with Gasteiger partial charge in [0.05, 0.1) is 28.9 Å². The first-order valence-electron chi connectivity index (χ1n) is 22.5. The minimum absolute atomic E-state index is 0.00390. The molecule has 0 saturated heterocycles. The van der Waals surface area contributed by atoms with Gasteiger partial charge < -0.3 is 0 Å². The summed E-state index contributed by atoms with van der Waals surface area (Å²) in [5.74, 6) is 0.933. The number of hydrogen-bond donors (Lipinski definition) is 0. The molecule has 0 fully saturated rings. The van der Waals surface area contributed by atoms with Crippen LogP contribution in [0.5, 0.6) is 0 Å². The van der Waals surface area contributed by atoms with Crippen molar-refractivity contribution in [3.8, 4) is 50.2 Å². The molecule has 2 heteroatoms. The second-order valence-corrected chi connectivity index (χ2v) is 11.6. The topological polar surface area (TPSA) is 17.8 Å². The maximum Gasteiger partial charge on any atom is 0.114 e. The van der Waals surface area contributed by atoms with Gasteiger partial charge in [0.2, 0.25) is 0 Å². The van der Waals surface area contributed by atoms with Gasteiger partial charge in [0.25, 0.3) is 0 Å². The molecule has 1 heterocycles. The minimum atomic E-state index is -0.596. The van der Waals surface area contributed by atoms with Gasteiger partial charge >= 0.3 is 0 Å². The molecule has 0 spiro atoms. The fourth-order valence-corrected chi connectivity index (χ4v) is 6.72. The highest BCUT2D eigenvalue weighted by molar-refractivity contribution is 6.22. The first-order chi connectivity index (χ1) is 29.7. The van der Waals surface area contributed by atoms with Gasteiger partial charge in [-0.15, -0.1) is 0 Å². The number of para-hydroxylation sites is 2. The van der Waals surface area contributed by atoms with Gasteiger partial charge in [-0.25, -0.2) is 4.98 Å². The van der Waals surface area contributed by atoms with Crippen molar-refractivity contribution in [3.63, 3.8) is 0 Å². The van der Waals surface area contributed by atoms with E-state index in [4.69, 9.17) is 17.3 Å². The van der Waals surface area contributed by atoms with Crippen LogP contribution >= 0.6 is 0 Å². The second kappa shape index (κ2) is 12.1. The van der Waals surface area contributed by atoms with Crippen molar-refractivity contribution in [2.75, 3.05) is 0 Å². The molecule has 0 amide bonds. The van der Waals surface area contributed by atoms with Crippen LogP contribution in [0.25, 0.3) is 82.8 Å². The Hall–Kier alpha value is -6.25. The Morgan fingerprint density at radius 2 is 1.00 bits per heavy atom. The molecule has 0 saturated carbocycles. The summed E-state index contributed by atoms with van der Waals surface area (Å²) in [6.07, 6.45) is 0.742. The fraction of sp³-hybridized carbons (Fsp3) is 0.0426. The third-order valence-electron chi connectivity index (χ3n) is 8.92. The molecule has 9 rings (SSSR count). The molecule has 49 heavy (non-hydrogen) atoms. The highest BCUT2D eigenvalue weighted by atomic mass is 15.1. The number of aromatic nitrogens is 2. The van der Waals surface area contributed by atoms with Crippen molar-refractivity contribution in [1.29, 1.82) is 0 Å². The van der Waals surface area contributed by atoms with E-state index in [0.29, 0.717) is 5.56 Å². The second-order valence-electron chi connectivity index (χ2n) is 11.6. The Morgan fingerprint density at radius 1 is 0.490 bits per heavy atom. The average molecular weight is 640 g/mol. The molecule has 0 N–H and O–H groups in total. The smallest absolute Gasteiger partial charge is 0.114 e. The molecular formula is C47H34N2. The van der Waals surface area contributed by atoms with Gasteiger partial charge in [0.15, 0.2) is 0 Å². The molecular weight excluding hydrogens is 593 g/mol. The monoisotopic (exact) mass is 639 g/mol. The lowest BCUT2D eigenvalue weighted by atomic mass is 9.83. The quantitative estimate of drug-likeness (QED) is 0.166. The molecule has 2 nitrogen and oxygen atoms in total. The number of hydrogen-bond acceptors (Lipinski definition) is 1. The summed E-state index contributed by atoms with van der Waals surface area (Å²) in [6, 6.07) is 22.7. The standard InChI is InChI=1S/C47H34N2/c1-2-45-48-43-22-12-13-23-44(43)49(45)36-30-28-33(29-31-36)32-24-26-35(27-25-32)46-39-18-8-10-20-41(39)47(42-21-11-9-19-40(42)46)38-17-7-6-16-37(38)34-14-4-3-5-15-34/h3-31H,2H2,1H3/i3D,4D,5D,8D,9D,10D,11D,14D,15D,18D,19D,20D,21D. The van der Waals surface area contributed by atoms with Gasteiger partial charge in [0.1, 0.15) is 5.82 Å². The summed E-state index contributed by atoms with van der Waals surface area (Å²) in [5, 5.41) is -0.116. The van der Waals surface area contributed by atoms with E-state index in [2.05, 4.69) is 11.5 Å². The van der Waals surface area contributed by atoms with Crippen LogP contribution < -0.4 is 0 Å². The Morgan fingerprint density at radius 3 is 1.63 bits per heavy atom. The Bertz CT molecular complexity index is 3250. The summed E-state index contributed by atoms with van der Waals surface area (Å²) in [4.78, 5) is 4.80. The molecule has 0 radical (unpaired) electrons. The Balaban J connectivity index is 1.32. The van der Waals surface area contributed by atoms with E-state index in [1.807, 2.05) is 60.7 Å². The van der Waals surface area contributed by atoms with Gasteiger partial charge in [-0.1, -0.05) is 158 Å². The van der Waals surface area contributed by atoms with Crippen molar-refractivity contribution < 1.29 is 17.8 Å². The van der Waals surface area contributed by atoms with Crippen LogP contribution in [-0.2, 0) is 6.42 Å². The van der Waals surface area contributed by atoms with Crippen molar-refractivity contribution >= 4 is 32.6 Å². The highest BCUT2D eigenvalue weighted by Crippen LogP contribution is 2.46. The number of rotatable bonds is 6. The molecule has 0 aliphatic rings. The predicted molar refractivity (Wildman–Crippen MR) is 207 cm³/mol. The molecule has 0 aliphatic heterocycles. The van der Waals surface area contributed by atoms with Crippen molar-refractivity contribution in [2.24, 2.45) is 0 Å². The normalized spacial score (nSPS) is 15.2. The van der Waals surface area contributed by atoms with Crippen LogP contribution in [-0.4, -0.2) is 9.55 Å². The number of fused-ring (bicyclic) bond motifs is 3. The van der Waals surface area contributed by atoms with Crippen molar-refractivity contribution in [1.82, 2.24) is 9.55 Å². The zero-order valence-electron chi connectivity index (χ0n) is 39.3. The average Bonchev–Trinajstić information content (AvgIpc) is 3.68. The van der Waals surface area contributed by atoms with E-state index in [9.17, 15) is 5.48 Å². The Kier molecular flexibility index (Phi) is 4.52. The number of aryl methyl sites for hydroxylation is 1. The molecule has 0 aliphatic carbocycles. The van der Waals surface area contributed by atoms with Crippen LogP contribution in [0.1, 0.15) is 30.6 Å². The number of nitrogens with zero attached hydrogens (tertiary/aromatic N) is 2. The highest BCUT2D eigenvalue weighted by Gasteiger charge is 2.19. The van der Waals surface area contributed by atoms with E-state index in [-0.39, 0.29) is 49.4 Å². The SMILES string of the molecule is [2H]c1c([2H])c([2H])c(-c2ccccc2-c2c3c([2H])c([2H])c([2H])c([2H])c3c(-c3ccc(-c4ccc(-n5c(CC)nc6ccccc65)cc4)cc3)c3c([2H])c([2H])c([2H])c([2H])c23)c([2H])c1[2H].